The van der Waals surface area contributed by atoms with Gasteiger partial charge in [0.2, 0.25) is 0 Å². The van der Waals surface area contributed by atoms with Crippen LogP contribution in [-0.2, 0) is 23.2 Å². The molecule has 0 amide bonds. The van der Waals surface area contributed by atoms with E-state index in [1.54, 1.807) is 24.9 Å². The number of benzene rings is 4. The minimum atomic E-state index is -0.631. The summed E-state index contributed by atoms with van der Waals surface area (Å²) in [6, 6.07) is 39.0. The van der Waals surface area contributed by atoms with Crippen LogP contribution >= 0.6 is 0 Å². The second-order valence-corrected chi connectivity index (χ2v) is 16.8. The first-order valence-electron chi connectivity index (χ1n) is 15.1. The summed E-state index contributed by atoms with van der Waals surface area (Å²) in [4.78, 5) is 0. The number of rotatable bonds is 5. The molecule has 2 unspecified atom stereocenters. The van der Waals surface area contributed by atoms with Gasteiger partial charge < -0.3 is 0 Å². The van der Waals surface area contributed by atoms with Crippen molar-refractivity contribution in [3.8, 4) is 22.3 Å². The van der Waals surface area contributed by atoms with E-state index in [-0.39, 0.29) is 0 Å². The quantitative estimate of drug-likeness (QED) is 0.196. The van der Waals surface area contributed by atoms with Crippen LogP contribution in [0.2, 0.25) is 20.3 Å². The topological polar surface area (TPSA) is 0 Å². The van der Waals surface area contributed by atoms with E-state index in [0.29, 0.717) is 25.0 Å². The van der Waals surface area contributed by atoms with E-state index in [4.69, 9.17) is 0 Å². The summed E-state index contributed by atoms with van der Waals surface area (Å²) in [5.74, 6) is 1.04. The molecule has 40 heavy (non-hydrogen) atoms. The van der Waals surface area contributed by atoms with Gasteiger partial charge in [-0.25, -0.2) is 0 Å². The molecule has 0 radical (unpaired) electrons. The van der Waals surface area contributed by atoms with Crippen molar-refractivity contribution in [3.05, 3.63) is 130 Å². The second kappa shape index (κ2) is 12.5. The molecule has 200 valence electrons. The zero-order valence-corrected chi connectivity index (χ0v) is 28.0. The standard InChI is InChI=1S/C33H27.C4H10Si.CH3.Zr/c1-22-19-32-26(24-11-5-3-6-12-24)15-9-17-28(32)30(22)21-31-23(2)20-33-27(16-10-18-29(31)33)25-13-7-4-8-14-25;1-2-4-5-3-1;;/h3-21,30-31H,1-2H3;1-5H2;1H3;. The molecule has 1 heterocycles. The molecule has 2 atom stereocenters. The first-order valence-corrected chi connectivity index (χ1v) is 21.0. The molecular weight excluding hydrogens is 576 g/mol. The SMILES string of the molecule is C1CC[SiH2]C1.[CH3][Zr][CH](C1C(C)=Cc2c(-c3ccccc3)cccc21)C1C(C)=Cc2c(-c3ccccc3)cccc21. The van der Waals surface area contributed by atoms with Crippen LogP contribution in [0.4, 0.5) is 0 Å². The van der Waals surface area contributed by atoms with E-state index in [2.05, 4.69) is 128 Å². The van der Waals surface area contributed by atoms with E-state index in [9.17, 15) is 0 Å². The minimum absolute atomic E-state index is 0.518. The predicted octanol–water partition coefficient (Wildman–Crippen LogP) is 10.4. The van der Waals surface area contributed by atoms with Gasteiger partial charge in [0.05, 0.1) is 0 Å². The van der Waals surface area contributed by atoms with E-state index in [1.165, 1.54) is 55.7 Å². The molecule has 4 aromatic carbocycles. The first-order chi connectivity index (χ1) is 19.7. The van der Waals surface area contributed by atoms with Crippen molar-refractivity contribution in [2.24, 2.45) is 0 Å². The van der Waals surface area contributed by atoms with Crippen molar-refractivity contribution >= 4 is 21.7 Å². The maximum atomic E-state index is 2.55. The summed E-state index contributed by atoms with van der Waals surface area (Å²) in [5, 5.41) is 0. The van der Waals surface area contributed by atoms with Crippen LogP contribution in [0, 0.1) is 0 Å². The molecule has 3 aliphatic rings. The molecular formula is C38H40SiZr. The molecule has 0 bridgehead atoms. The van der Waals surface area contributed by atoms with Crippen molar-refractivity contribution < 1.29 is 23.2 Å². The molecule has 1 fully saturated rings. The van der Waals surface area contributed by atoms with Gasteiger partial charge in [-0.3, -0.25) is 0 Å². The zero-order chi connectivity index (χ0) is 27.5. The molecule has 1 aliphatic heterocycles. The molecule has 1 saturated heterocycles. The van der Waals surface area contributed by atoms with E-state index >= 15 is 0 Å². The Labute approximate surface area is 255 Å². The number of fused-ring (bicyclic) bond motifs is 2. The molecule has 7 rings (SSSR count). The zero-order valence-electron chi connectivity index (χ0n) is 24.2. The Kier molecular flexibility index (Phi) is 8.66. The average molecular weight is 616 g/mol. The molecule has 4 aromatic rings. The van der Waals surface area contributed by atoms with Crippen molar-refractivity contribution in [2.45, 2.75) is 58.9 Å². The van der Waals surface area contributed by atoms with Gasteiger partial charge >= 0.3 is 222 Å². The Bertz CT molecular complexity index is 1410. The molecule has 2 aliphatic carbocycles. The van der Waals surface area contributed by atoms with Gasteiger partial charge in [0.1, 0.15) is 0 Å². The Morgan fingerprint density at radius 1 is 0.600 bits per heavy atom. The number of hydrogen-bond acceptors (Lipinski definition) is 0. The fourth-order valence-electron chi connectivity index (χ4n) is 7.26. The molecule has 2 heteroatoms. The average Bonchev–Trinajstić information content (AvgIpc) is 3.75. The Hall–Kier alpha value is -2.54. The summed E-state index contributed by atoms with van der Waals surface area (Å²) in [5.41, 5.74) is 14.4. The van der Waals surface area contributed by atoms with E-state index < -0.39 is 23.2 Å². The van der Waals surface area contributed by atoms with Crippen LogP contribution in [0.3, 0.4) is 0 Å². The Morgan fingerprint density at radius 2 is 1.05 bits per heavy atom. The summed E-state index contributed by atoms with van der Waals surface area (Å²) in [6.45, 7) is 4.74. The van der Waals surface area contributed by atoms with E-state index in [0.717, 1.165) is 0 Å². The Morgan fingerprint density at radius 3 is 1.43 bits per heavy atom. The predicted molar refractivity (Wildman–Crippen MR) is 174 cm³/mol. The van der Waals surface area contributed by atoms with Gasteiger partial charge in [0, 0.05) is 9.52 Å². The van der Waals surface area contributed by atoms with Crippen LogP contribution in [0.25, 0.3) is 34.4 Å². The molecule has 0 N–H and O–H groups in total. The summed E-state index contributed by atoms with van der Waals surface area (Å²) >= 11 is -0.631. The van der Waals surface area contributed by atoms with Gasteiger partial charge in [-0.1, -0.05) is 24.9 Å². The normalized spacial score (nSPS) is 19.6. The van der Waals surface area contributed by atoms with Gasteiger partial charge in [-0.2, -0.15) is 0 Å². The monoisotopic (exact) mass is 614 g/mol. The van der Waals surface area contributed by atoms with Crippen molar-refractivity contribution in [1.29, 1.82) is 0 Å². The van der Waals surface area contributed by atoms with Gasteiger partial charge in [-0.15, -0.1) is 0 Å². The van der Waals surface area contributed by atoms with Crippen molar-refractivity contribution in [2.75, 3.05) is 0 Å². The van der Waals surface area contributed by atoms with Crippen molar-refractivity contribution in [3.63, 3.8) is 0 Å². The van der Waals surface area contributed by atoms with Gasteiger partial charge in [0.25, 0.3) is 0 Å². The van der Waals surface area contributed by atoms with Gasteiger partial charge in [-0.05, 0) is 0 Å². The van der Waals surface area contributed by atoms with Crippen molar-refractivity contribution in [1.82, 2.24) is 0 Å². The van der Waals surface area contributed by atoms with Crippen LogP contribution < -0.4 is 0 Å². The summed E-state index contributed by atoms with van der Waals surface area (Å²) < 4.78 is 3.25. The fraction of sp³-hybridized carbons (Fsp3) is 0.263. The molecule has 0 saturated carbocycles. The molecule has 0 spiro atoms. The van der Waals surface area contributed by atoms with Crippen LogP contribution in [0.5, 0.6) is 0 Å². The van der Waals surface area contributed by atoms with Crippen LogP contribution in [-0.4, -0.2) is 9.52 Å². The number of hydrogen-bond donors (Lipinski definition) is 0. The third-order valence-electron chi connectivity index (χ3n) is 9.15. The Balaban J connectivity index is 0.000000523. The van der Waals surface area contributed by atoms with Gasteiger partial charge in [0.15, 0.2) is 0 Å². The third kappa shape index (κ3) is 5.38. The maximum absolute atomic E-state index is 2.55. The first kappa shape index (κ1) is 27.6. The second-order valence-electron chi connectivity index (χ2n) is 11.7. The van der Waals surface area contributed by atoms with Crippen LogP contribution in [0.1, 0.15) is 60.8 Å². The summed E-state index contributed by atoms with van der Waals surface area (Å²) in [7, 11) is 0.543. The number of allylic oxidation sites excluding steroid dienone is 2. The van der Waals surface area contributed by atoms with E-state index in [1.807, 2.05) is 0 Å². The summed E-state index contributed by atoms with van der Waals surface area (Å²) in [6.07, 6.45) is 8.10. The molecule has 0 aromatic heterocycles. The fourth-order valence-corrected chi connectivity index (χ4v) is 12.8. The third-order valence-corrected chi connectivity index (χ3v) is 14.4. The van der Waals surface area contributed by atoms with Crippen LogP contribution in [0.15, 0.2) is 108 Å². The molecule has 0 nitrogen and oxygen atoms in total.